The molecule has 0 fully saturated rings. The lowest BCUT2D eigenvalue weighted by Crippen LogP contribution is -2.28. The summed E-state index contributed by atoms with van der Waals surface area (Å²) in [5.41, 5.74) is 0. The smallest absolute Gasteiger partial charge is 0.306 e. The van der Waals surface area contributed by atoms with Gasteiger partial charge in [0.15, 0.2) is 6.10 Å². The maximum atomic E-state index is 12.4. The number of aliphatic hydroxyl groups excluding tert-OH is 1. The maximum Gasteiger partial charge on any atom is 0.306 e. The van der Waals surface area contributed by atoms with Crippen molar-refractivity contribution in [1.82, 2.24) is 0 Å². The van der Waals surface area contributed by atoms with Crippen molar-refractivity contribution < 1.29 is 24.2 Å². The van der Waals surface area contributed by atoms with E-state index in [-0.39, 0.29) is 25.2 Å². The van der Waals surface area contributed by atoms with Gasteiger partial charge in [0.25, 0.3) is 0 Å². The number of hydrogen-bond donors (Lipinski definition) is 1. The molecule has 0 aliphatic carbocycles. The molecule has 1 atom stereocenters. The highest BCUT2D eigenvalue weighted by Gasteiger charge is 2.16. The van der Waals surface area contributed by atoms with Gasteiger partial charge in [-0.2, -0.15) is 0 Å². The second kappa shape index (κ2) is 67.1. The zero-order valence-corrected chi connectivity index (χ0v) is 50.6. The first-order chi connectivity index (χ1) is 38.6. The summed E-state index contributed by atoms with van der Waals surface area (Å²) in [6, 6.07) is 0. The minimum absolute atomic E-state index is 0.0728. The van der Waals surface area contributed by atoms with Crippen LogP contribution in [0.2, 0.25) is 0 Å². The van der Waals surface area contributed by atoms with Gasteiger partial charge in [-0.3, -0.25) is 9.59 Å². The molecule has 0 bridgehead atoms. The van der Waals surface area contributed by atoms with Gasteiger partial charge in [-0.25, -0.2) is 0 Å². The van der Waals surface area contributed by atoms with E-state index in [2.05, 4.69) is 160 Å². The van der Waals surface area contributed by atoms with Gasteiger partial charge in [-0.1, -0.05) is 301 Å². The maximum absolute atomic E-state index is 12.4. The molecule has 0 saturated carbocycles. The van der Waals surface area contributed by atoms with E-state index in [1.165, 1.54) is 141 Å². The lowest BCUT2D eigenvalue weighted by Gasteiger charge is -2.15. The predicted molar refractivity (Wildman–Crippen MR) is 343 cm³/mol. The number of carbonyl (C=O) groups is 2. The van der Waals surface area contributed by atoms with Crippen LogP contribution < -0.4 is 0 Å². The summed E-state index contributed by atoms with van der Waals surface area (Å²) in [6.45, 7) is 3.92. The molecule has 5 nitrogen and oxygen atoms in total. The normalized spacial score (nSPS) is 13.2. The molecule has 1 N–H and O–H groups in total. The molecule has 0 spiro atoms. The summed E-state index contributed by atoms with van der Waals surface area (Å²) in [6.07, 6.45) is 101. The predicted octanol–water partition coefficient (Wildman–Crippen LogP) is 22.5. The number of aliphatic hydroxyl groups is 1. The van der Waals surface area contributed by atoms with E-state index < -0.39 is 6.10 Å². The van der Waals surface area contributed by atoms with E-state index in [1.54, 1.807) is 0 Å². The molecule has 0 radical (unpaired) electrons. The Bertz CT molecular complexity index is 1650. The van der Waals surface area contributed by atoms with Crippen LogP contribution in [0.25, 0.3) is 0 Å². The number of hydrogen-bond acceptors (Lipinski definition) is 5. The zero-order valence-electron chi connectivity index (χ0n) is 50.6. The molecule has 0 heterocycles. The van der Waals surface area contributed by atoms with Gasteiger partial charge in [0, 0.05) is 12.8 Å². The van der Waals surface area contributed by atoms with Crippen LogP contribution in [0.1, 0.15) is 284 Å². The van der Waals surface area contributed by atoms with Crippen LogP contribution >= 0.6 is 0 Å². The summed E-state index contributed by atoms with van der Waals surface area (Å²) in [7, 11) is 0. The highest BCUT2D eigenvalue weighted by atomic mass is 16.6. The summed E-state index contributed by atoms with van der Waals surface area (Å²) >= 11 is 0. The van der Waals surface area contributed by atoms with Gasteiger partial charge in [-0.05, 0) is 116 Å². The highest BCUT2D eigenvalue weighted by Crippen LogP contribution is 2.16. The van der Waals surface area contributed by atoms with Crippen molar-refractivity contribution in [2.45, 2.75) is 290 Å². The van der Waals surface area contributed by atoms with Crippen LogP contribution in [0, 0.1) is 0 Å². The van der Waals surface area contributed by atoms with E-state index in [9.17, 15) is 14.7 Å². The molecular formula is C73H120O5. The fourth-order valence-electron chi connectivity index (χ4n) is 8.86. The van der Waals surface area contributed by atoms with E-state index >= 15 is 0 Å². The first-order valence-corrected chi connectivity index (χ1v) is 32.4. The molecule has 0 aliphatic rings. The van der Waals surface area contributed by atoms with E-state index in [1.807, 2.05) is 0 Å². The minimum atomic E-state index is -0.783. The monoisotopic (exact) mass is 1080 g/mol. The fourth-order valence-corrected chi connectivity index (χ4v) is 8.86. The standard InChI is InChI=1S/C73H120O5/c1-3-5-7-9-11-13-15-17-19-21-23-25-27-29-31-33-34-35-36-37-38-40-42-44-46-48-50-52-54-56-58-60-62-64-66-68-73(76)78-71(69-74)70-77-72(75)67-65-63-61-59-57-55-53-51-49-47-45-43-41-39-32-30-28-26-24-22-20-18-16-14-12-10-8-6-4-2/h5-8,11-14,17-20,23-26,29-32,34-35,37-38,71,74H,3-4,9-10,15-16,21-22,27-28,33,36,39-70H2,1-2H3/b7-5-,8-6-,13-11-,14-12-,19-17-,20-18-,25-23-,26-24-,31-29-,32-30-,35-34-,38-37-. The van der Waals surface area contributed by atoms with Crippen LogP contribution in [-0.4, -0.2) is 36.4 Å². The molecule has 0 aromatic rings. The van der Waals surface area contributed by atoms with Gasteiger partial charge in [0.1, 0.15) is 6.61 Å². The second-order valence-corrected chi connectivity index (χ2v) is 21.1. The summed E-state index contributed by atoms with van der Waals surface area (Å²) in [5.74, 6) is -0.594. The third-order valence-corrected chi connectivity index (χ3v) is 13.6. The molecule has 0 saturated heterocycles. The van der Waals surface area contributed by atoms with E-state index in [0.29, 0.717) is 12.8 Å². The Morgan fingerprint density at radius 2 is 0.513 bits per heavy atom. The van der Waals surface area contributed by atoms with Gasteiger partial charge in [0.2, 0.25) is 0 Å². The summed E-state index contributed by atoms with van der Waals surface area (Å²) < 4.78 is 10.7. The fraction of sp³-hybridized carbons (Fsp3) is 0.644. The Kier molecular flexibility index (Phi) is 63.4. The third-order valence-electron chi connectivity index (χ3n) is 13.6. The van der Waals surface area contributed by atoms with Crippen molar-refractivity contribution in [3.05, 3.63) is 146 Å². The van der Waals surface area contributed by atoms with Crippen LogP contribution in [0.3, 0.4) is 0 Å². The first kappa shape index (κ1) is 73.8. The Morgan fingerprint density at radius 1 is 0.295 bits per heavy atom. The molecule has 5 heteroatoms. The van der Waals surface area contributed by atoms with Gasteiger partial charge >= 0.3 is 11.9 Å². The van der Waals surface area contributed by atoms with Gasteiger partial charge in [0.05, 0.1) is 6.61 Å². The van der Waals surface area contributed by atoms with Crippen LogP contribution in [0.5, 0.6) is 0 Å². The number of unbranched alkanes of at least 4 members (excludes halogenated alkanes) is 26. The van der Waals surface area contributed by atoms with Crippen LogP contribution in [-0.2, 0) is 19.1 Å². The number of carbonyl (C=O) groups excluding carboxylic acids is 2. The van der Waals surface area contributed by atoms with Gasteiger partial charge < -0.3 is 14.6 Å². The number of esters is 2. The van der Waals surface area contributed by atoms with Crippen molar-refractivity contribution in [2.24, 2.45) is 0 Å². The van der Waals surface area contributed by atoms with Crippen LogP contribution in [0.15, 0.2) is 146 Å². The third kappa shape index (κ3) is 64.3. The lowest BCUT2D eigenvalue weighted by molar-refractivity contribution is -0.161. The second-order valence-electron chi connectivity index (χ2n) is 21.1. The average Bonchev–Trinajstić information content (AvgIpc) is 3.44. The summed E-state index contributed by atoms with van der Waals surface area (Å²) in [4.78, 5) is 24.6. The van der Waals surface area contributed by atoms with Crippen molar-refractivity contribution in [2.75, 3.05) is 13.2 Å². The molecular weight excluding hydrogens is 957 g/mol. The largest absolute Gasteiger partial charge is 0.462 e. The molecule has 0 aliphatic heterocycles. The van der Waals surface area contributed by atoms with E-state index in [0.717, 1.165) is 116 Å². The van der Waals surface area contributed by atoms with Crippen molar-refractivity contribution in [1.29, 1.82) is 0 Å². The van der Waals surface area contributed by atoms with Crippen molar-refractivity contribution >= 4 is 11.9 Å². The number of rotatable bonds is 58. The quantitative estimate of drug-likeness (QED) is 0.0373. The lowest BCUT2D eigenvalue weighted by atomic mass is 10.0. The molecule has 0 rings (SSSR count). The highest BCUT2D eigenvalue weighted by molar-refractivity contribution is 5.70. The van der Waals surface area contributed by atoms with Gasteiger partial charge in [-0.15, -0.1) is 0 Å². The Balaban J connectivity index is 3.52. The zero-order chi connectivity index (χ0) is 56.2. The first-order valence-electron chi connectivity index (χ1n) is 32.4. The Hall–Kier alpha value is -4.22. The molecule has 442 valence electrons. The SMILES string of the molecule is CC/C=C\C/C=C\C/C=C\C/C=C\C/C=C\C/C=C\C/C=C\CCCCCCCCCCCCCCCC(=O)OC(CO)COC(=O)CCCCCCCCCCCCCCC/C=C\C/C=C\C/C=C\C/C=C\C/C=C\CC. The molecule has 0 aromatic carbocycles. The number of allylic oxidation sites excluding steroid dienone is 24. The summed E-state index contributed by atoms with van der Waals surface area (Å²) in [5, 5.41) is 9.69. The molecule has 0 amide bonds. The Morgan fingerprint density at radius 3 is 0.769 bits per heavy atom. The Labute approximate surface area is 482 Å². The van der Waals surface area contributed by atoms with Crippen molar-refractivity contribution in [3.8, 4) is 0 Å². The molecule has 78 heavy (non-hydrogen) atoms. The minimum Gasteiger partial charge on any atom is -0.462 e. The topological polar surface area (TPSA) is 72.8 Å². The van der Waals surface area contributed by atoms with E-state index in [4.69, 9.17) is 9.47 Å². The van der Waals surface area contributed by atoms with Crippen LogP contribution in [0.4, 0.5) is 0 Å². The molecule has 1 unspecified atom stereocenters. The van der Waals surface area contributed by atoms with Crippen molar-refractivity contribution in [3.63, 3.8) is 0 Å². The number of ether oxygens (including phenoxy) is 2. The average molecular weight is 1080 g/mol. The molecule has 0 aromatic heterocycles.